The summed E-state index contributed by atoms with van der Waals surface area (Å²) in [5, 5.41) is 2.93. The highest BCUT2D eigenvalue weighted by molar-refractivity contribution is 5.95. The Morgan fingerprint density at radius 1 is 1.42 bits per heavy atom. The summed E-state index contributed by atoms with van der Waals surface area (Å²) in [6.07, 6.45) is 3.78. The van der Waals surface area contributed by atoms with E-state index in [1.165, 1.54) is 0 Å². The van der Waals surface area contributed by atoms with Gasteiger partial charge in [-0.15, -0.1) is 0 Å². The predicted molar refractivity (Wildman–Crippen MR) is 91.9 cm³/mol. The third-order valence-electron chi connectivity index (χ3n) is 4.59. The van der Waals surface area contributed by atoms with Gasteiger partial charge in [-0.2, -0.15) is 0 Å². The zero-order valence-corrected chi connectivity index (χ0v) is 14.2. The molecule has 0 aliphatic carbocycles. The van der Waals surface area contributed by atoms with Crippen LogP contribution in [0, 0.1) is 0 Å². The molecule has 3 amide bonds. The maximum atomic E-state index is 12.2. The van der Waals surface area contributed by atoms with Crippen LogP contribution < -0.4 is 10.2 Å². The fourth-order valence-corrected chi connectivity index (χ4v) is 3.24. The van der Waals surface area contributed by atoms with Gasteiger partial charge in [-0.3, -0.25) is 4.79 Å². The van der Waals surface area contributed by atoms with E-state index in [-0.39, 0.29) is 18.0 Å². The van der Waals surface area contributed by atoms with Gasteiger partial charge < -0.3 is 19.9 Å². The van der Waals surface area contributed by atoms with Crippen LogP contribution in [0.4, 0.5) is 10.5 Å². The van der Waals surface area contributed by atoms with Gasteiger partial charge >= 0.3 is 6.03 Å². The summed E-state index contributed by atoms with van der Waals surface area (Å²) in [6, 6.07) is 7.71. The monoisotopic (exact) mass is 331 g/mol. The molecule has 0 radical (unpaired) electrons. The van der Waals surface area contributed by atoms with E-state index < -0.39 is 0 Å². The molecule has 2 saturated heterocycles. The molecule has 6 heteroatoms. The van der Waals surface area contributed by atoms with Crippen molar-refractivity contribution in [1.82, 2.24) is 10.2 Å². The first-order valence-electron chi connectivity index (χ1n) is 8.63. The number of nitrogens with zero attached hydrogens (tertiary/aromatic N) is 2. The molecule has 3 rings (SSSR count). The van der Waals surface area contributed by atoms with Crippen LogP contribution in [0.3, 0.4) is 0 Å². The lowest BCUT2D eigenvalue weighted by Crippen LogP contribution is -2.40. The first-order valence-corrected chi connectivity index (χ1v) is 8.63. The Labute approximate surface area is 142 Å². The first kappa shape index (κ1) is 16.8. The number of hydrogen-bond acceptors (Lipinski definition) is 3. The number of anilines is 1. The Balaban J connectivity index is 1.52. The van der Waals surface area contributed by atoms with Gasteiger partial charge in [0.05, 0.1) is 6.10 Å². The second-order valence-electron chi connectivity index (χ2n) is 6.49. The van der Waals surface area contributed by atoms with Crippen molar-refractivity contribution >= 4 is 17.6 Å². The van der Waals surface area contributed by atoms with Crippen LogP contribution in [0.1, 0.15) is 31.2 Å². The van der Waals surface area contributed by atoms with Gasteiger partial charge in [0.1, 0.15) is 0 Å². The van der Waals surface area contributed by atoms with Gasteiger partial charge in [0.15, 0.2) is 0 Å². The highest BCUT2D eigenvalue weighted by Gasteiger charge is 2.22. The number of ether oxygens (including phenoxy) is 1. The molecule has 130 valence electrons. The van der Waals surface area contributed by atoms with Crippen LogP contribution >= 0.6 is 0 Å². The second kappa shape index (κ2) is 7.66. The van der Waals surface area contributed by atoms with E-state index in [0.717, 1.165) is 43.7 Å². The fraction of sp³-hybridized carbons (Fsp3) is 0.556. The standard InChI is InChI=1S/C18H25N3O3/c1-20(13-16-7-4-10-24-16)18(23)19-12-14-5-2-6-15(11-14)21-9-3-8-17(21)22/h2,5-6,11,16H,3-4,7-10,12-13H2,1H3,(H,19,23). The van der Waals surface area contributed by atoms with Gasteiger partial charge in [-0.1, -0.05) is 12.1 Å². The number of rotatable bonds is 5. The molecule has 1 aromatic carbocycles. The summed E-state index contributed by atoms with van der Waals surface area (Å²) in [5.74, 6) is 0.174. The molecular weight excluding hydrogens is 306 g/mol. The number of likely N-dealkylation sites (N-methyl/N-ethyl adjacent to an activating group) is 1. The van der Waals surface area contributed by atoms with Crippen molar-refractivity contribution < 1.29 is 14.3 Å². The molecule has 0 aromatic heterocycles. The minimum absolute atomic E-state index is 0.104. The minimum Gasteiger partial charge on any atom is -0.376 e. The molecule has 0 spiro atoms. The molecule has 1 atom stereocenters. The first-order chi connectivity index (χ1) is 11.6. The molecule has 1 aromatic rings. The summed E-state index contributed by atoms with van der Waals surface area (Å²) in [6.45, 7) is 2.64. The normalized spacial score (nSPS) is 20.5. The highest BCUT2D eigenvalue weighted by atomic mass is 16.5. The number of urea groups is 1. The van der Waals surface area contributed by atoms with Gasteiger partial charge in [-0.25, -0.2) is 4.79 Å². The molecule has 1 N–H and O–H groups in total. The van der Waals surface area contributed by atoms with E-state index in [4.69, 9.17) is 4.74 Å². The lowest BCUT2D eigenvalue weighted by atomic mass is 10.2. The van der Waals surface area contributed by atoms with Crippen LogP contribution in [0.2, 0.25) is 0 Å². The van der Waals surface area contributed by atoms with Crippen molar-refractivity contribution in [3.63, 3.8) is 0 Å². The molecule has 0 saturated carbocycles. The third-order valence-corrected chi connectivity index (χ3v) is 4.59. The summed E-state index contributed by atoms with van der Waals surface area (Å²) < 4.78 is 5.56. The molecule has 1 unspecified atom stereocenters. The van der Waals surface area contributed by atoms with Crippen molar-refractivity contribution in [2.24, 2.45) is 0 Å². The SMILES string of the molecule is CN(CC1CCCO1)C(=O)NCc1cccc(N2CCCC2=O)c1. The number of carbonyl (C=O) groups is 2. The Hall–Kier alpha value is -2.08. The van der Waals surface area contributed by atoms with E-state index >= 15 is 0 Å². The zero-order valence-electron chi connectivity index (χ0n) is 14.2. The number of carbonyl (C=O) groups excluding carboxylic acids is 2. The molecule has 2 fully saturated rings. The van der Waals surface area contributed by atoms with Crippen LogP contribution in [0.15, 0.2) is 24.3 Å². The molecule has 24 heavy (non-hydrogen) atoms. The van der Waals surface area contributed by atoms with E-state index in [2.05, 4.69) is 5.32 Å². The van der Waals surface area contributed by atoms with E-state index in [0.29, 0.717) is 19.5 Å². The largest absolute Gasteiger partial charge is 0.376 e. The Bertz CT molecular complexity index is 599. The number of hydrogen-bond donors (Lipinski definition) is 1. The van der Waals surface area contributed by atoms with Crippen LogP contribution in [0.25, 0.3) is 0 Å². The van der Waals surface area contributed by atoms with Gasteiger partial charge in [0.25, 0.3) is 0 Å². The third kappa shape index (κ3) is 4.06. The van der Waals surface area contributed by atoms with Crippen molar-refractivity contribution in [2.45, 2.75) is 38.3 Å². The quantitative estimate of drug-likeness (QED) is 0.899. The fourth-order valence-electron chi connectivity index (χ4n) is 3.24. The van der Waals surface area contributed by atoms with Crippen LogP contribution in [-0.4, -0.2) is 49.7 Å². The van der Waals surface area contributed by atoms with Crippen molar-refractivity contribution in [3.05, 3.63) is 29.8 Å². The van der Waals surface area contributed by atoms with Crippen LogP contribution in [0.5, 0.6) is 0 Å². The summed E-state index contributed by atoms with van der Waals surface area (Å²) in [5.41, 5.74) is 1.91. The molecule has 2 aliphatic heterocycles. The van der Waals surface area contributed by atoms with E-state index in [1.54, 1.807) is 11.9 Å². The molecule has 6 nitrogen and oxygen atoms in total. The molecule has 2 heterocycles. The summed E-state index contributed by atoms with van der Waals surface area (Å²) in [7, 11) is 1.79. The number of amides is 3. The molecule has 0 bridgehead atoms. The van der Waals surface area contributed by atoms with Crippen molar-refractivity contribution in [2.75, 3.05) is 31.6 Å². The topological polar surface area (TPSA) is 61.9 Å². The summed E-state index contributed by atoms with van der Waals surface area (Å²) in [4.78, 5) is 27.5. The van der Waals surface area contributed by atoms with E-state index in [1.807, 2.05) is 29.2 Å². The van der Waals surface area contributed by atoms with Gasteiger partial charge in [0.2, 0.25) is 5.91 Å². The average molecular weight is 331 g/mol. The molecule has 2 aliphatic rings. The van der Waals surface area contributed by atoms with Crippen molar-refractivity contribution in [1.29, 1.82) is 0 Å². The predicted octanol–water partition coefficient (Wildman–Crippen LogP) is 2.13. The van der Waals surface area contributed by atoms with Crippen molar-refractivity contribution in [3.8, 4) is 0 Å². The van der Waals surface area contributed by atoms with Gasteiger partial charge in [0, 0.05) is 45.4 Å². The molecular formula is C18H25N3O3. The Morgan fingerprint density at radius 2 is 2.29 bits per heavy atom. The number of nitrogens with one attached hydrogen (secondary N) is 1. The Kier molecular flexibility index (Phi) is 5.35. The number of benzene rings is 1. The second-order valence-corrected chi connectivity index (χ2v) is 6.49. The lowest BCUT2D eigenvalue weighted by molar-refractivity contribution is -0.117. The van der Waals surface area contributed by atoms with Gasteiger partial charge in [-0.05, 0) is 37.0 Å². The Morgan fingerprint density at radius 3 is 3.00 bits per heavy atom. The smallest absolute Gasteiger partial charge is 0.317 e. The van der Waals surface area contributed by atoms with Crippen LogP contribution in [-0.2, 0) is 16.1 Å². The highest BCUT2D eigenvalue weighted by Crippen LogP contribution is 2.22. The van der Waals surface area contributed by atoms with E-state index in [9.17, 15) is 9.59 Å². The maximum absolute atomic E-state index is 12.2. The lowest BCUT2D eigenvalue weighted by Gasteiger charge is -2.21. The summed E-state index contributed by atoms with van der Waals surface area (Å²) >= 11 is 0. The average Bonchev–Trinajstić information content (AvgIpc) is 3.24. The maximum Gasteiger partial charge on any atom is 0.317 e. The minimum atomic E-state index is -0.104. The zero-order chi connectivity index (χ0) is 16.9.